The summed E-state index contributed by atoms with van der Waals surface area (Å²) in [4.78, 5) is 31.9. The van der Waals surface area contributed by atoms with E-state index in [2.05, 4.69) is 0 Å². The van der Waals surface area contributed by atoms with Gasteiger partial charge in [-0.1, -0.05) is 6.42 Å². The molecule has 0 bridgehead atoms. The number of carbonyl (C=O) groups is 1. The molecule has 3 heterocycles. The second-order valence-corrected chi connectivity index (χ2v) is 7.20. The fraction of sp³-hybridized carbons (Fsp3) is 0.381. The molecule has 0 spiro atoms. The Hall–Kier alpha value is -2.89. The van der Waals surface area contributed by atoms with Crippen LogP contribution in [0, 0.1) is 6.92 Å². The third kappa shape index (κ3) is 3.39. The summed E-state index contributed by atoms with van der Waals surface area (Å²) < 4.78 is 7.34. The molecule has 6 nitrogen and oxygen atoms in total. The number of carbonyl (C=O) groups excluding carboxylic acids is 1. The molecule has 0 aliphatic carbocycles. The Morgan fingerprint density at radius 2 is 2.07 bits per heavy atom. The summed E-state index contributed by atoms with van der Waals surface area (Å²) in [5, 5.41) is 0.571. The quantitative estimate of drug-likeness (QED) is 0.714. The Kier molecular flexibility index (Phi) is 4.56. The monoisotopic (exact) mass is 365 g/mol. The Balaban J connectivity index is 1.66. The molecule has 4 rings (SSSR count). The lowest BCUT2D eigenvalue weighted by atomic mass is 10.1. The lowest BCUT2D eigenvalue weighted by Crippen LogP contribution is -2.27. The molecule has 3 aromatic rings. The maximum atomic E-state index is 12.8. The van der Waals surface area contributed by atoms with Crippen LogP contribution in [-0.2, 0) is 19.5 Å². The SMILES string of the molecule is Cc1ccc(CN(C)C(=O)c2ccc3c(=O)n4c(nc3c2)CCCCC4)o1. The van der Waals surface area contributed by atoms with Crippen LogP contribution in [0.4, 0.5) is 0 Å². The molecule has 0 saturated heterocycles. The molecule has 1 aliphatic rings. The summed E-state index contributed by atoms with van der Waals surface area (Å²) in [5.74, 6) is 2.27. The van der Waals surface area contributed by atoms with E-state index in [1.165, 1.54) is 0 Å². The molecule has 1 aliphatic heterocycles. The van der Waals surface area contributed by atoms with Crippen LogP contribution >= 0.6 is 0 Å². The predicted molar refractivity (Wildman–Crippen MR) is 103 cm³/mol. The Morgan fingerprint density at radius 3 is 2.85 bits per heavy atom. The Morgan fingerprint density at radius 1 is 1.22 bits per heavy atom. The number of fused-ring (bicyclic) bond motifs is 2. The van der Waals surface area contributed by atoms with Gasteiger partial charge in [0.2, 0.25) is 0 Å². The normalized spacial score (nSPS) is 14.0. The number of amides is 1. The summed E-state index contributed by atoms with van der Waals surface area (Å²) in [6.07, 6.45) is 3.97. The van der Waals surface area contributed by atoms with E-state index in [-0.39, 0.29) is 11.5 Å². The highest BCUT2D eigenvalue weighted by Crippen LogP contribution is 2.18. The second-order valence-electron chi connectivity index (χ2n) is 7.20. The average Bonchev–Trinajstić information content (AvgIpc) is 2.92. The van der Waals surface area contributed by atoms with E-state index in [9.17, 15) is 9.59 Å². The summed E-state index contributed by atoms with van der Waals surface area (Å²) in [7, 11) is 1.74. The van der Waals surface area contributed by atoms with Gasteiger partial charge in [-0.25, -0.2) is 4.98 Å². The van der Waals surface area contributed by atoms with Crippen molar-refractivity contribution in [3.8, 4) is 0 Å². The highest BCUT2D eigenvalue weighted by molar-refractivity contribution is 5.97. The molecule has 0 saturated carbocycles. The summed E-state index contributed by atoms with van der Waals surface area (Å²) in [6, 6.07) is 8.92. The molecule has 140 valence electrons. The zero-order chi connectivity index (χ0) is 19.0. The van der Waals surface area contributed by atoms with Crippen molar-refractivity contribution in [1.29, 1.82) is 0 Å². The van der Waals surface area contributed by atoms with Crippen molar-refractivity contribution < 1.29 is 9.21 Å². The summed E-state index contributed by atoms with van der Waals surface area (Å²) in [5.41, 5.74) is 1.12. The minimum absolute atomic E-state index is 0.00434. The first-order valence-electron chi connectivity index (χ1n) is 9.37. The van der Waals surface area contributed by atoms with Crippen LogP contribution in [0.5, 0.6) is 0 Å². The fourth-order valence-corrected chi connectivity index (χ4v) is 3.65. The third-order valence-corrected chi connectivity index (χ3v) is 5.10. The Bertz CT molecular complexity index is 1060. The van der Waals surface area contributed by atoms with Gasteiger partial charge in [-0.15, -0.1) is 0 Å². The van der Waals surface area contributed by atoms with Gasteiger partial charge in [0, 0.05) is 25.6 Å². The summed E-state index contributed by atoms with van der Waals surface area (Å²) in [6.45, 7) is 3.00. The highest BCUT2D eigenvalue weighted by atomic mass is 16.3. The van der Waals surface area contributed by atoms with Crippen molar-refractivity contribution in [3.05, 3.63) is 63.6 Å². The molecule has 6 heteroatoms. The first-order valence-corrected chi connectivity index (χ1v) is 9.37. The van der Waals surface area contributed by atoms with Crippen LogP contribution in [0.15, 0.2) is 39.5 Å². The highest BCUT2D eigenvalue weighted by Gasteiger charge is 2.17. The van der Waals surface area contributed by atoms with Gasteiger partial charge in [0.05, 0.1) is 17.4 Å². The van der Waals surface area contributed by atoms with E-state index in [0.29, 0.717) is 23.0 Å². The topological polar surface area (TPSA) is 68.3 Å². The number of benzene rings is 1. The van der Waals surface area contributed by atoms with Crippen LogP contribution < -0.4 is 5.56 Å². The molecule has 0 unspecified atom stereocenters. The third-order valence-electron chi connectivity index (χ3n) is 5.10. The van der Waals surface area contributed by atoms with Gasteiger partial charge in [0.25, 0.3) is 11.5 Å². The van der Waals surface area contributed by atoms with Gasteiger partial charge >= 0.3 is 0 Å². The molecule has 0 fully saturated rings. The molecular weight excluding hydrogens is 342 g/mol. The van der Waals surface area contributed by atoms with Crippen LogP contribution in [0.1, 0.15) is 47.0 Å². The zero-order valence-corrected chi connectivity index (χ0v) is 15.7. The maximum Gasteiger partial charge on any atom is 0.261 e. The second kappa shape index (κ2) is 7.02. The molecule has 0 atom stereocenters. The first-order chi connectivity index (χ1) is 13.0. The van der Waals surface area contributed by atoms with E-state index < -0.39 is 0 Å². The predicted octanol–water partition coefficient (Wildman–Crippen LogP) is 3.30. The largest absolute Gasteiger partial charge is 0.464 e. The molecule has 27 heavy (non-hydrogen) atoms. The average molecular weight is 365 g/mol. The van der Waals surface area contributed by atoms with Gasteiger partial charge in [-0.3, -0.25) is 14.2 Å². The molecule has 2 aromatic heterocycles. The number of aryl methyl sites for hydroxylation is 2. The number of furan rings is 1. The number of hydrogen-bond donors (Lipinski definition) is 0. The molecule has 0 N–H and O–H groups in total. The summed E-state index contributed by atoms with van der Waals surface area (Å²) >= 11 is 0. The molecule has 0 radical (unpaired) electrons. The van der Waals surface area contributed by atoms with Gasteiger partial charge in [-0.05, 0) is 50.1 Å². The van der Waals surface area contributed by atoms with E-state index in [4.69, 9.17) is 9.40 Å². The number of aromatic nitrogens is 2. The van der Waals surface area contributed by atoms with Gasteiger partial charge in [0.15, 0.2) is 0 Å². The molecule has 1 amide bonds. The number of hydrogen-bond acceptors (Lipinski definition) is 4. The van der Waals surface area contributed by atoms with Crippen LogP contribution in [0.25, 0.3) is 10.9 Å². The Labute approximate surface area is 157 Å². The lowest BCUT2D eigenvalue weighted by Gasteiger charge is -2.16. The van der Waals surface area contributed by atoms with Crippen LogP contribution in [0.2, 0.25) is 0 Å². The van der Waals surface area contributed by atoms with Crippen molar-refractivity contribution in [2.75, 3.05) is 7.05 Å². The van der Waals surface area contributed by atoms with Crippen LogP contribution in [-0.4, -0.2) is 27.4 Å². The van der Waals surface area contributed by atoms with Gasteiger partial charge in [-0.2, -0.15) is 0 Å². The maximum absolute atomic E-state index is 12.8. The van der Waals surface area contributed by atoms with E-state index in [1.807, 2.05) is 19.1 Å². The minimum atomic E-state index is -0.122. The van der Waals surface area contributed by atoms with Gasteiger partial charge < -0.3 is 9.32 Å². The molecular formula is C21H23N3O3. The van der Waals surface area contributed by atoms with Gasteiger partial charge in [0.1, 0.15) is 17.3 Å². The zero-order valence-electron chi connectivity index (χ0n) is 15.7. The number of nitrogens with zero attached hydrogens (tertiary/aromatic N) is 3. The van der Waals surface area contributed by atoms with Crippen molar-refractivity contribution in [3.63, 3.8) is 0 Å². The van der Waals surface area contributed by atoms with Crippen molar-refractivity contribution in [1.82, 2.24) is 14.5 Å². The minimum Gasteiger partial charge on any atom is -0.464 e. The molecule has 1 aromatic carbocycles. The van der Waals surface area contributed by atoms with Crippen LogP contribution in [0.3, 0.4) is 0 Å². The number of rotatable bonds is 3. The van der Waals surface area contributed by atoms with Crippen molar-refractivity contribution in [2.24, 2.45) is 0 Å². The smallest absolute Gasteiger partial charge is 0.261 e. The fourth-order valence-electron chi connectivity index (χ4n) is 3.65. The van der Waals surface area contributed by atoms with Crippen molar-refractivity contribution in [2.45, 2.75) is 45.7 Å². The lowest BCUT2D eigenvalue weighted by molar-refractivity contribution is 0.0775. The van der Waals surface area contributed by atoms with E-state index in [0.717, 1.165) is 49.6 Å². The standard InChI is InChI=1S/C21H23N3O3/c1-14-7-9-16(27-14)13-23(2)20(25)15-8-10-17-18(12-15)22-19-6-4-3-5-11-24(19)21(17)26/h7-10,12H,3-6,11,13H2,1-2H3. The van der Waals surface area contributed by atoms with E-state index in [1.54, 1.807) is 34.7 Å². The first kappa shape index (κ1) is 17.5. The van der Waals surface area contributed by atoms with Crippen molar-refractivity contribution >= 4 is 16.8 Å². The van der Waals surface area contributed by atoms with E-state index >= 15 is 0 Å².